The smallest absolute Gasteiger partial charge is 0.00188 e. The zero-order valence-corrected chi connectivity index (χ0v) is 7.03. The summed E-state index contributed by atoms with van der Waals surface area (Å²) in [5.74, 6) is 1.48. The summed E-state index contributed by atoms with van der Waals surface area (Å²) in [4.78, 5) is 0. The van der Waals surface area contributed by atoms with Gasteiger partial charge in [0, 0.05) is 5.92 Å². The molecule has 2 unspecified atom stereocenters. The fraction of sp³-hybridized carbons (Fsp3) is 0.333. The standard InChI is InChI=1S/C12H12/c1-3-9-7-11-5-2-6-12(11)8-10(9)4-1/h1-3,6-10H,4-5H2. The number of fused-ring (bicyclic) bond motifs is 2. The number of hydrogen-bond donors (Lipinski definition) is 0. The Morgan fingerprint density at radius 2 is 2.17 bits per heavy atom. The molecule has 0 fully saturated rings. The van der Waals surface area contributed by atoms with Gasteiger partial charge in [-0.15, -0.1) is 0 Å². The van der Waals surface area contributed by atoms with Crippen LogP contribution in [0.5, 0.6) is 0 Å². The van der Waals surface area contributed by atoms with E-state index in [1.165, 1.54) is 12.0 Å². The maximum Gasteiger partial charge on any atom is 0.00188 e. The van der Waals surface area contributed by atoms with Crippen LogP contribution in [0.25, 0.3) is 0 Å². The average Bonchev–Trinajstić information content (AvgIpc) is 2.64. The minimum Gasteiger partial charge on any atom is -0.0873 e. The number of hydrogen-bond acceptors (Lipinski definition) is 0. The molecule has 0 saturated heterocycles. The Kier molecular flexibility index (Phi) is 1.20. The second-order valence-corrected chi connectivity index (χ2v) is 3.83. The van der Waals surface area contributed by atoms with E-state index in [1.54, 1.807) is 5.57 Å². The lowest BCUT2D eigenvalue weighted by atomic mass is 9.85. The topological polar surface area (TPSA) is 0 Å². The average molecular weight is 156 g/mol. The van der Waals surface area contributed by atoms with E-state index in [4.69, 9.17) is 0 Å². The second kappa shape index (κ2) is 2.22. The third kappa shape index (κ3) is 0.781. The molecule has 0 heterocycles. The van der Waals surface area contributed by atoms with Gasteiger partial charge in [0.2, 0.25) is 0 Å². The van der Waals surface area contributed by atoms with Crippen molar-refractivity contribution in [1.82, 2.24) is 0 Å². The molecule has 0 bridgehead atoms. The van der Waals surface area contributed by atoms with Crippen molar-refractivity contribution in [3.8, 4) is 0 Å². The highest BCUT2D eigenvalue weighted by atomic mass is 14.3. The maximum atomic E-state index is 2.45. The predicted molar refractivity (Wildman–Crippen MR) is 50.7 cm³/mol. The molecule has 0 amide bonds. The molecule has 3 aliphatic rings. The van der Waals surface area contributed by atoms with E-state index in [0.717, 1.165) is 12.3 Å². The van der Waals surface area contributed by atoms with E-state index in [9.17, 15) is 0 Å². The highest BCUT2D eigenvalue weighted by molar-refractivity contribution is 5.50. The Morgan fingerprint density at radius 3 is 3.17 bits per heavy atom. The normalized spacial score (nSPS) is 36.0. The molecule has 3 rings (SSSR count). The minimum atomic E-state index is 0.712. The molecule has 2 atom stereocenters. The first-order valence-corrected chi connectivity index (χ1v) is 4.69. The molecule has 0 aromatic carbocycles. The monoisotopic (exact) mass is 156 g/mol. The molecular weight excluding hydrogens is 144 g/mol. The van der Waals surface area contributed by atoms with Crippen LogP contribution < -0.4 is 0 Å². The first kappa shape index (κ1) is 6.47. The van der Waals surface area contributed by atoms with Crippen molar-refractivity contribution in [3.05, 3.63) is 47.6 Å². The van der Waals surface area contributed by atoms with Crippen LogP contribution in [0, 0.1) is 11.8 Å². The first-order valence-electron chi connectivity index (χ1n) is 4.69. The summed E-state index contributed by atoms with van der Waals surface area (Å²) in [7, 11) is 0. The molecule has 0 radical (unpaired) electrons. The second-order valence-electron chi connectivity index (χ2n) is 3.83. The van der Waals surface area contributed by atoms with Gasteiger partial charge in [-0.25, -0.2) is 0 Å². The molecule has 0 aromatic heterocycles. The Bertz CT molecular complexity index is 326. The van der Waals surface area contributed by atoms with E-state index in [1.807, 2.05) is 0 Å². The Morgan fingerprint density at radius 1 is 1.17 bits per heavy atom. The highest BCUT2D eigenvalue weighted by Gasteiger charge is 2.25. The summed E-state index contributed by atoms with van der Waals surface area (Å²) >= 11 is 0. The van der Waals surface area contributed by atoms with E-state index in [0.29, 0.717) is 5.92 Å². The fourth-order valence-electron chi connectivity index (χ4n) is 2.38. The number of allylic oxidation sites excluding steroid dienone is 8. The van der Waals surface area contributed by atoms with Gasteiger partial charge >= 0.3 is 0 Å². The van der Waals surface area contributed by atoms with Crippen molar-refractivity contribution >= 4 is 0 Å². The van der Waals surface area contributed by atoms with Gasteiger partial charge in [0.25, 0.3) is 0 Å². The Labute approximate surface area is 73.0 Å². The number of rotatable bonds is 0. The SMILES string of the molecule is C1=CC2=CC3CC=CC3C=C2C1. The largest absolute Gasteiger partial charge is 0.0873 e. The zero-order chi connectivity index (χ0) is 7.97. The van der Waals surface area contributed by atoms with Gasteiger partial charge in [0.05, 0.1) is 0 Å². The highest BCUT2D eigenvalue weighted by Crippen LogP contribution is 2.38. The van der Waals surface area contributed by atoms with Crippen LogP contribution in [0.15, 0.2) is 47.6 Å². The molecule has 0 aliphatic heterocycles. The van der Waals surface area contributed by atoms with Crippen molar-refractivity contribution in [1.29, 1.82) is 0 Å². The van der Waals surface area contributed by atoms with Gasteiger partial charge in [-0.3, -0.25) is 0 Å². The summed E-state index contributed by atoms with van der Waals surface area (Å²) in [6.45, 7) is 0. The van der Waals surface area contributed by atoms with Crippen LogP contribution in [0.2, 0.25) is 0 Å². The van der Waals surface area contributed by atoms with Crippen LogP contribution in [-0.2, 0) is 0 Å². The summed E-state index contributed by atoms with van der Waals surface area (Å²) in [6.07, 6.45) is 16.5. The third-order valence-electron chi connectivity index (χ3n) is 3.05. The lowest BCUT2D eigenvalue weighted by Gasteiger charge is -2.19. The van der Waals surface area contributed by atoms with Crippen LogP contribution in [0.3, 0.4) is 0 Å². The molecule has 3 aliphatic carbocycles. The predicted octanol–water partition coefficient (Wildman–Crippen LogP) is 3.01. The molecule has 0 nitrogen and oxygen atoms in total. The van der Waals surface area contributed by atoms with Gasteiger partial charge in [0.1, 0.15) is 0 Å². The molecule has 12 heavy (non-hydrogen) atoms. The van der Waals surface area contributed by atoms with Crippen molar-refractivity contribution in [2.75, 3.05) is 0 Å². The first-order chi connectivity index (χ1) is 5.93. The third-order valence-corrected chi connectivity index (χ3v) is 3.05. The molecule has 0 heteroatoms. The van der Waals surface area contributed by atoms with Crippen LogP contribution in [-0.4, -0.2) is 0 Å². The van der Waals surface area contributed by atoms with Gasteiger partial charge in [-0.2, -0.15) is 0 Å². The molecule has 0 N–H and O–H groups in total. The van der Waals surface area contributed by atoms with Crippen molar-refractivity contribution < 1.29 is 0 Å². The van der Waals surface area contributed by atoms with Crippen molar-refractivity contribution in [2.24, 2.45) is 11.8 Å². The van der Waals surface area contributed by atoms with Gasteiger partial charge < -0.3 is 0 Å². The van der Waals surface area contributed by atoms with E-state index in [2.05, 4.69) is 36.5 Å². The van der Waals surface area contributed by atoms with Gasteiger partial charge in [-0.05, 0) is 29.9 Å². The molecule has 0 saturated carbocycles. The minimum absolute atomic E-state index is 0.712. The van der Waals surface area contributed by atoms with Crippen LogP contribution >= 0.6 is 0 Å². The Balaban J connectivity index is 2.04. The summed E-state index contributed by atoms with van der Waals surface area (Å²) in [5, 5.41) is 0. The Hall–Kier alpha value is -1.04. The summed E-state index contributed by atoms with van der Waals surface area (Å²) < 4.78 is 0. The summed E-state index contributed by atoms with van der Waals surface area (Å²) in [5.41, 5.74) is 3.03. The van der Waals surface area contributed by atoms with Crippen LogP contribution in [0.1, 0.15) is 12.8 Å². The maximum absolute atomic E-state index is 2.45. The van der Waals surface area contributed by atoms with E-state index < -0.39 is 0 Å². The van der Waals surface area contributed by atoms with Crippen molar-refractivity contribution in [3.63, 3.8) is 0 Å². The van der Waals surface area contributed by atoms with E-state index in [-0.39, 0.29) is 0 Å². The molecule has 60 valence electrons. The molecule has 0 spiro atoms. The van der Waals surface area contributed by atoms with Gasteiger partial charge in [0.15, 0.2) is 0 Å². The summed E-state index contributed by atoms with van der Waals surface area (Å²) in [6, 6.07) is 0. The van der Waals surface area contributed by atoms with Crippen LogP contribution in [0.4, 0.5) is 0 Å². The quantitative estimate of drug-likeness (QED) is 0.473. The fourth-order valence-corrected chi connectivity index (χ4v) is 2.38. The van der Waals surface area contributed by atoms with E-state index >= 15 is 0 Å². The molecular formula is C12H12. The molecule has 0 aromatic rings. The van der Waals surface area contributed by atoms with Gasteiger partial charge in [-0.1, -0.05) is 36.5 Å². The lowest BCUT2D eigenvalue weighted by molar-refractivity contribution is 0.588. The zero-order valence-electron chi connectivity index (χ0n) is 7.03. The van der Waals surface area contributed by atoms with Crippen molar-refractivity contribution in [2.45, 2.75) is 12.8 Å². The lowest BCUT2D eigenvalue weighted by Crippen LogP contribution is -2.08.